The summed E-state index contributed by atoms with van der Waals surface area (Å²) in [5.74, 6) is -4.04. The van der Waals surface area contributed by atoms with Crippen LogP contribution in [0.5, 0.6) is 0 Å². The number of carbonyl (C=O) groups excluding carboxylic acids is 2. The second-order valence-corrected chi connectivity index (χ2v) is 2.51. The number of rotatable bonds is 1. The number of carbonyl (C=O) groups is 2. The molecule has 1 rings (SSSR count). The van der Waals surface area contributed by atoms with Gasteiger partial charge in [-0.3, -0.25) is 4.79 Å². The minimum Gasteiger partial charge on any atom is -0.390 e. The molecule has 0 bridgehead atoms. The Morgan fingerprint density at radius 1 is 1.21 bits per heavy atom. The van der Waals surface area contributed by atoms with E-state index < -0.39 is 23.6 Å². The number of halogens is 2. The highest BCUT2D eigenvalue weighted by Crippen LogP contribution is 2.09. The molecule has 0 aromatic heterocycles. The molecule has 1 aromatic rings. The maximum atomic E-state index is 12.6. The van der Waals surface area contributed by atoms with Crippen molar-refractivity contribution < 1.29 is 23.1 Å². The molecule has 0 heterocycles. The van der Waals surface area contributed by atoms with E-state index >= 15 is 0 Å². The molecule has 3 nitrogen and oxygen atoms in total. The van der Waals surface area contributed by atoms with Crippen molar-refractivity contribution in [3.8, 4) is 0 Å². The Morgan fingerprint density at radius 2 is 1.86 bits per heavy atom. The van der Waals surface area contributed by atoms with Gasteiger partial charge in [0.2, 0.25) is 0 Å². The Morgan fingerprint density at radius 3 is 2.36 bits per heavy atom. The van der Waals surface area contributed by atoms with E-state index in [1.165, 1.54) is 0 Å². The molecular weight excluding hydrogens is 194 g/mol. The van der Waals surface area contributed by atoms with Crippen LogP contribution in [-0.2, 0) is 9.53 Å². The fourth-order valence-corrected chi connectivity index (χ4v) is 0.813. The molecule has 0 aliphatic heterocycles. The molecule has 0 aliphatic rings. The second-order valence-electron chi connectivity index (χ2n) is 2.51. The molecule has 0 spiro atoms. The van der Waals surface area contributed by atoms with Crippen molar-refractivity contribution >= 4 is 11.9 Å². The quantitative estimate of drug-likeness (QED) is 0.511. The van der Waals surface area contributed by atoms with Crippen LogP contribution in [0.2, 0.25) is 0 Å². The molecule has 0 unspecified atom stereocenters. The molecule has 0 saturated carbocycles. The summed E-state index contributed by atoms with van der Waals surface area (Å²) >= 11 is 0. The summed E-state index contributed by atoms with van der Waals surface area (Å²) in [6, 6.07) is 2.48. The molecule has 1 aromatic carbocycles. The Kier molecular flexibility index (Phi) is 2.91. The van der Waals surface area contributed by atoms with Crippen LogP contribution in [0.3, 0.4) is 0 Å². The summed E-state index contributed by atoms with van der Waals surface area (Å²) in [4.78, 5) is 21.4. The Balaban J connectivity index is 2.91. The average molecular weight is 200 g/mol. The van der Waals surface area contributed by atoms with Crippen molar-refractivity contribution in [1.82, 2.24) is 0 Å². The first-order valence-electron chi connectivity index (χ1n) is 3.68. The molecule has 0 radical (unpaired) electrons. The van der Waals surface area contributed by atoms with Crippen molar-refractivity contribution in [3.63, 3.8) is 0 Å². The Labute approximate surface area is 78.3 Å². The first kappa shape index (κ1) is 10.3. The van der Waals surface area contributed by atoms with Gasteiger partial charge >= 0.3 is 11.9 Å². The van der Waals surface area contributed by atoms with Crippen LogP contribution in [0.25, 0.3) is 0 Å². The van der Waals surface area contributed by atoms with Gasteiger partial charge in [0.05, 0.1) is 5.56 Å². The van der Waals surface area contributed by atoms with E-state index in [2.05, 4.69) is 4.74 Å². The molecule has 74 valence electrons. The summed E-state index contributed by atoms with van der Waals surface area (Å²) in [7, 11) is 0. The van der Waals surface area contributed by atoms with Crippen molar-refractivity contribution in [2.45, 2.75) is 6.92 Å². The molecule has 0 fully saturated rings. The van der Waals surface area contributed by atoms with Crippen LogP contribution in [0.4, 0.5) is 8.78 Å². The van der Waals surface area contributed by atoms with Crippen LogP contribution in [0.15, 0.2) is 18.2 Å². The third-order valence-corrected chi connectivity index (χ3v) is 1.39. The predicted molar refractivity (Wildman–Crippen MR) is 42.5 cm³/mol. The van der Waals surface area contributed by atoms with Gasteiger partial charge in [0.1, 0.15) is 0 Å². The van der Waals surface area contributed by atoms with Crippen molar-refractivity contribution in [2.75, 3.05) is 0 Å². The van der Waals surface area contributed by atoms with E-state index in [1.54, 1.807) is 0 Å². The SMILES string of the molecule is CC(=O)OC(=O)c1ccc(F)c(F)c1. The zero-order chi connectivity index (χ0) is 10.7. The summed E-state index contributed by atoms with van der Waals surface area (Å²) in [5, 5.41) is 0. The first-order chi connectivity index (χ1) is 6.50. The van der Waals surface area contributed by atoms with E-state index in [0.717, 1.165) is 19.1 Å². The normalized spacial score (nSPS) is 9.64. The smallest absolute Gasteiger partial charge is 0.345 e. The van der Waals surface area contributed by atoms with Crippen LogP contribution in [0, 0.1) is 11.6 Å². The van der Waals surface area contributed by atoms with Gasteiger partial charge < -0.3 is 4.74 Å². The molecular formula is C9H6F2O3. The standard InChI is InChI=1S/C9H6F2O3/c1-5(12)14-9(13)6-2-3-7(10)8(11)4-6/h2-4H,1H3. The lowest BCUT2D eigenvalue weighted by molar-refractivity contribution is -0.135. The molecule has 0 amide bonds. The lowest BCUT2D eigenvalue weighted by Crippen LogP contribution is -2.09. The maximum Gasteiger partial charge on any atom is 0.345 e. The summed E-state index contributed by atoms with van der Waals surface area (Å²) in [5.41, 5.74) is -0.209. The van der Waals surface area contributed by atoms with Crippen molar-refractivity contribution in [2.24, 2.45) is 0 Å². The number of ether oxygens (including phenoxy) is 1. The third kappa shape index (κ3) is 2.35. The van der Waals surface area contributed by atoms with Gasteiger partial charge in [-0.25, -0.2) is 13.6 Å². The minimum atomic E-state index is -1.16. The summed E-state index contributed by atoms with van der Waals surface area (Å²) in [6.45, 7) is 1.04. The lowest BCUT2D eigenvalue weighted by atomic mass is 10.2. The van der Waals surface area contributed by atoms with Gasteiger partial charge in [-0.15, -0.1) is 0 Å². The highest BCUT2D eigenvalue weighted by Gasteiger charge is 2.12. The molecule has 0 atom stereocenters. The van der Waals surface area contributed by atoms with Crippen LogP contribution in [-0.4, -0.2) is 11.9 Å². The fraction of sp³-hybridized carbons (Fsp3) is 0.111. The topological polar surface area (TPSA) is 43.4 Å². The number of hydrogen-bond acceptors (Lipinski definition) is 3. The van der Waals surface area contributed by atoms with E-state index in [1.807, 2.05) is 0 Å². The van der Waals surface area contributed by atoms with Gasteiger partial charge in [-0.1, -0.05) is 0 Å². The van der Waals surface area contributed by atoms with E-state index in [4.69, 9.17) is 0 Å². The third-order valence-electron chi connectivity index (χ3n) is 1.39. The maximum absolute atomic E-state index is 12.6. The van der Waals surface area contributed by atoms with E-state index in [-0.39, 0.29) is 5.56 Å². The summed E-state index contributed by atoms with van der Waals surface area (Å²) < 4.78 is 29.2. The van der Waals surface area contributed by atoms with Gasteiger partial charge in [0.25, 0.3) is 0 Å². The predicted octanol–water partition coefficient (Wildman–Crippen LogP) is 1.67. The lowest BCUT2D eigenvalue weighted by Gasteiger charge is -2.00. The molecule has 0 saturated heterocycles. The highest BCUT2D eigenvalue weighted by molar-refractivity contribution is 5.96. The van der Waals surface area contributed by atoms with Gasteiger partial charge in [-0.05, 0) is 18.2 Å². The monoisotopic (exact) mass is 200 g/mol. The number of benzene rings is 1. The molecule has 5 heteroatoms. The highest BCUT2D eigenvalue weighted by atomic mass is 19.2. The minimum absolute atomic E-state index is 0.209. The largest absolute Gasteiger partial charge is 0.390 e. The van der Waals surface area contributed by atoms with Crippen LogP contribution >= 0.6 is 0 Å². The number of hydrogen-bond donors (Lipinski definition) is 0. The summed E-state index contributed by atoms with van der Waals surface area (Å²) in [6.07, 6.45) is 0. The van der Waals surface area contributed by atoms with Crippen LogP contribution < -0.4 is 0 Å². The first-order valence-corrected chi connectivity index (χ1v) is 3.68. The van der Waals surface area contributed by atoms with E-state index in [0.29, 0.717) is 6.07 Å². The Bertz CT molecular complexity index is 388. The van der Waals surface area contributed by atoms with Gasteiger partial charge in [0, 0.05) is 6.92 Å². The fourth-order valence-electron chi connectivity index (χ4n) is 0.813. The molecule has 0 N–H and O–H groups in total. The van der Waals surface area contributed by atoms with Gasteiger partial charge in [-0.2, -0.15) is 0 Å². The molecule has 0 aliphatic carbocycles. The second kappa shape index (κ2) is 3.95. The zero-order valence-electron chi connectivity index (χ0n) is 7.21. The van der Waals surface area contributed by atoms with Gasteiger partial charge in [0.15, 0.2) is 11.6 Å². The van der Waals surface area contributed by atoms with Crippen molar-refractivity contribution in [3.05, 3.63) is 35.4 Å². The molecule has 14 heavy (non-hydrogen) atoms. The average Bonchev–Trinajstić information content (AvgIpc) is 2.08. The van der Waals surface area contributed by atoms with E-state index in [9.17, 15) is 18.4 Å². The van der Waals surface area contributed by atoms with Crippen LogP contribution in [0.1, 0.15) is 17.3 Å². The Hall–Kier alpha value is -1.78. The zero-order valence-corrected chi connectivity index (χ0v) is 7.21. The van der Waals surface area contributed by atoms with Crippen molar-refractivity contribution in [1.29, 1.82) is 0 Å². The number of esters is 2.